The molecule has 0 bridgehead atoms. The molecule has 96 valence electrons. The van der Waals surface area contributed by atoms with Crippen molar-refractivity contribution in [3.05, 3.63) is 45.5 Å². The van der Waals surface area contributed by atoms with Gasteiger partial charge in [0.15, 0.2) is 0 Å². The van der Waals surface area contributed by atoms with Crippen molar-refractivity contribution in [2.45, 2.75) is 6.92 Å². The molecule has 0 saturated heterocycles. The smallest absolute Gasteiger partial charge is 0.265 e. The normalized spacial score (nSPS) is 10.8. The van der Waals surface area contributed by atoms with Crippen LogP contribution in [0.1, 0.15) is 14.5 Å². The topological polar surface area (TPSA) is 55.1 Å². The fraction of sp³-hybridized carbons (Fsp3) is 0.0714. The molecule has 2 heterocycles. The van der Waals surface area contributed by atoms with Gasteiger partial charge in [-0.25, -0.2) is 0 Å². The Kier molecular flexibility index (Phi) is 3.00. The van der Waals surface area contributed by atoms with Crippen molar-refractivity contribution in [3.63, 3.8) is 0 Å². The summed E-state index contributed by atoms with van der Waals surface area (Å²) in [5.41, 5.74) is 7.24. The maximum atomic E-state index is 12.1. The highest BCUT2D eigenvalue weighted by Crippen LogP contribution is 2.26. The third-order valence-electron chi connectivity index (χ3n) is 2.89. The molecule has 5 heteroatoms. The van der Waals surface area contributed by atoms with Gasteiger partial charge in [0.05, 0.1) is 4.88 Å². The monoisotopic (exact) mass is 288 g/mol. The van der Waals surface area contributed by atoms with E-state index in [-0.39, 0.29) is 5.91 Å². The Morgan fingerprint density at radius 1 is 1.26 bits per heavy atom. The maximum absolute atomic E-state index is 12.1. The number of rotatable bonds is 2. The molecule has 3 N–H and O–H groups in total. The van der Waals surface area contributed by atoms with E-state index in [1.807, 2.05) is 36.6 Å². The van der Waals surface area contributed by atoms with Gasteiger partial charge in [0, 0.05) is 21.0 Å². The van der Waals surface area contributed by atoms with E-state index in [2.05, 4.69) is 5.32 Å². The molecule has 3 rings (SSSR count). The second-order valence-corrected chi connectivity index (χ2v) is 6.45. The van der Waals surface area contributed by atoms with E-state index in [0.717, 1.165) is 16.0 Å². The number of hydrogen-bond donors (Lipinski definition) is 2. The van der Waals surface area contributed by atoms with Gasteiger partial charge in [-0.15, -0.1) is 22.7 Å². The lowest BCUT2D eigenvalue weighted by Crippen LogP contribution is -2.09. The summed E-state index contributed by atoms with van der Waals surface area (Å²) in [5.74, 6) is -0.112. The van der Waals surface area contributed by atoms with Gasteiger partial charge in [0.2, 0.25) is 0 Å². The van der Waals surface area contributed by atoms with E-state index in [9.17, 15) is 4.79 Å². The predicted octanol–water partition coefficient (Wildman–Crippen LogP) is 4.11. The van der Waals surface area contributed by atoms with Gasteiger partial charge in [0.1, 0.15) is 0 Å². The largest absolute Gasteiger partial charge is 0.398 e. The molecule has 2 aromatic heterocycles. The van der Waals surface area contributed by atoms with Crippen LogP contribution in [-0.2, 0) is 0 Å². The van der Waals surface area contributed by atoms with E-state index in [0.29, 0.717) is 10.6 Å². The first-order valence-electron chi connectivity index (χ1n) is 5.78. The third kappa shape index (κ3) is 2.34. The van der Waals surface area contributed by atoms with Crippen LogP contribution in [0.2, 0.25) is 0 Å². The Balaban J connectivity index is 1.85. The van der Waals surface area contributed by atoms with Crippen LogP contribution in [0.3, 0.4) is 0 Å². The number of nitrogens with two attached hydrogens (primary N) is 1. The van der Waals surface area contributed by atoms with E-state index in [4.69, 9.17) is 5.73 Å². The van der Waals surface area contributed by atoms with Crippen molar-refractivity contribution < 1.29 is 4.79 Å². The molecule has 0 atom stereocenters. The summed E-state index contributed by atoms with van der Waals surface area (Å²) < 4.78 is 1.22. The molecule has 0 fully saturated rings. The number of fused-ring (bicyclic) bond motifs is 1. The molecule has 19 heavy (non-hydrogen) atoms. The molecule has 3 nitrogen and oxygen atoms in total. The molecular weight excluding hydrogens is 276 g/mol. The molecule has 0 saturated carbocycles. The van der Waals surface area contributed by atoms with Gasteiger partial charge in [-0.3, -0.25) is 4.79 Å². The quantitative estimate of drug-likeness (QED) is 0.745. The summed E-state index contributed by atoms with van der Waals surface area (Å²) in [7, 11) is 0. The summed E-state index contributed by atoms with van der Waals surface area (Å²) in [5, 5.41) is 6.09. The van der Waals surface area contributed by atoms with E-state index in [1.54, 1.807) is 17.4 Å². The van der Waals surface area contributed by atoms with E-state index < -0.39 is 0 Å². The first-order valence-corrected chi connectivity index (χ1v) is 7.47. The highest BCUT2D eigenvalue weighted by molar-refractivity contribution is 7.17. The molecule has 0 aliphatic rings. The van der Waals surface area contributed by atoms with Gasteiger partial charge in [0.25, 0.3) is 5.91 Å². The minimum absolute atomic E-state index is 0.112. The lowest BCUT2D eigenvalue weighted by atomic mass is 10.2. The Hall–Kier alpha value is -1.85. The summed E-state index contributed by atoms with van der Waals surface area (Å²) in [6.07, 6.45) is 0. The van der Waals surface area contributed by atoms with Crippen LogP contribution in [0, 0.1) is 6.92 Å². The standard InChI is InChI=1S/C14H12N2OS2/c1-8-11(15)7-13(19-8)14(17)16-10-2-3-12-9(6-10)4-5-18-12/h2-7H,15H2,1H3,(H,16,17). The number of carbonyl (C=O) groups is 1. The van der Waals surface area contributed by atoms with Gasteiger partial charge >= 0.3 is 0 Å². The number of nitrogens with one attached hydrogen (secondary N) is 1. The van der Waals surface area contributed by atoms with Crippen LogP contribution in [-0.4, -0.2) is 5.91 Å². The average molecular weight is 288 g/mol. The average Bonchev–Trinajstić information content (AvgIpc) is 2.96. The first kappa shape index (κ1) is 12.2. The lowest BCUT2D eigenvalue weighted by molar-refractivity contribution is 0.103. The summed E-state index contributed by atoms with van der Waals surface area (Å²) in [4.78, 5) is 13.7. The molecule has 0 aliphatic heterocycles. The van der Waals surface area contributed by atoms with Gasteiger partial charge in [-0.1, -0.05) is 0 Å². The van der Waals surface area contributed by atoms with Crippen molar-refractivity contribution >= 4 is 50.0 Å². The maximum Gasteiger partial charge on any atom is 0.265 e. The first-order chi connectivity index (χ1) is 9.13. The second kappa shape index (κ2) is 4.68. The minimum atomic E-state index is -0.112. The van der Waals surface area contributed by atoms with E-state index >= 15 is 0 Å². The fourth-order valence-electron chi connectivity index (χ4n) is 1.85. The van der Waals surface area contributed by atoms with Gasteiger partial charge in [-0.2, -0.15) is 0 Å². The zero-order valence-corrected chi connectivity index (χ0v) is 11.9. The van der Waals surface area contributed by atoms with Crippen molar-refractivity contribution in [1.29, 1.82) is 0 Å². The van der Waals surface area contributed by atoms with Gasteiger partial charge < -0.3 is 11.1 Å². The van der Waals surface area contributed by atoms with Crippen LogP contribution in [0.5, 0.6) is 0 Å². The van der Waals surface area contributed by atoms with Crippen molar-refractivity contribution in [3.8, 4) is 0 Å². The lowest BCUT2D eigenvalue weighted by Gasteiger charge is -2.03. The predicted molar refractivity (Wildman–Crippen MR) is 83.2 cm³/mol. The Morgan fingerprint density at radius 2 is 2.11 bits per heavy atom. The van der Waals surface area contributed by atoms with Crippen molar-refractivity contribution in [2.75, 3.05) is 11.1 Å². The number of amides is 1. The second-order valence-electron chi connectivity index (χ2n) is 4.25. The van der Waals surface area contributed by atoms with Crippen LogP contribution in [0.15, 0.2) is 35.7 Å². The van der Waals surface area contributed by atoms with Crippen LogP contribution < -0.4 is 11.1 Å². The third-order valence-corrected chi connectivity index (χ3v) is 4.85. The summed E-state index contributed by atoms with van der Waals surface area (Å²) in [6.45, 7) is 1.91. The molecule has 0 spiro atoms. The van der Waals surface area contributed by atoms with Crippen molar-refractivity contribution in [1.82, 2.24) is 0 Å². The molecule has 0 radical (unpaired) electrons. The Labute approximate surface area is 118 Å². The number of aryl methyl sites for hydroxylation is 1. The molecule has 1 aromatic carbocycles. The molecule has 0 unspecified atom stereocenters. The Bertz CT molecular complexity index is 738. The number of nitrogen functional groups attached to an aromatic ring is 1. The molecule has 0 aliphatic carbocycles. The van der Waals surface area contributed by atoms with Gasteiger partial charge in [-0.05, 0) is 48.0 Å². The zero-order chi connectivity index (χ0) is 13.4. The van der Waals surface area contributed by atoms with Crippen LogP contribution >= 0.6 is 22.7 Å². The number of thiophene rings is 2. The number of hydrogen-bond acceptors (Lipinski definition) is 4. The van der Waals surface area contributed by atoms with Crippen LogP contribution in [0.4, 0.5) is 11.4 Å². The van der Waals surface area contributed by atoms with Crippen LogP contribution in [0.25, 0.3) is 10.1 Å². The summed E-state index contributed by atoms with van der Waals surface area (Å²) >= 11 is 3.10. The highest BCUT2D eigenvalue weighted by atomic mass is 32.1. The number of benzene rings is 1. The highest BCUT2D eigenvalue weighted by Gasteiger charge is 2.11. The zero-order valence-electron chi connectivity index (χ0n) is 10.3. The molecular formula is C14H12N2OS2. The summed E-state index contributed by atoms with van der Waals surface area (Å²) in [6, 6.07) is 9.68. The fourth-order valence-corrected chi connectivity index (χ4v) is 3.45. The van der Waals surface area contributed by atoms with E-state index in [1.165, 1.54) is 16.0 Å². The van der Waals surface area contributed by atoms with Crippen molar-refractivity contribution in [2.24, 2.45) is 0 Å². The number of anilines is 2. The minimum Gasteiger partial charge on any atom is -0.398 e. The Morgan fingerprint density at radius 3 is 2.84 bits per heavy atom. The SMILES string of the molecule is Cc1sc(C(=O)Nc2ccc3sccc3c2)cc1N. The molecule has 3 aromatic rings. The molecule has 1 amide bonds. The number of carbonyl (C=O) groups excluding carboxylic acids is 1.